The van der Waals surface area contributed by atoms with Gasteiger partial charge in [0.15, 0.2) is 5.65 Å². The quantitative estimate of drug-likeness (QED) is 0.400. The van der Waals surface area contributed by atoms with Gasteiger partial charge in [0.2, 0.25) is 0 Å². The predicted octanol–water partition coefficient (Wildman–Crippen LogP) is 3.37. The van der Waals surface area contributed by atoms with Crippen molar-refractivity contribution in [2.45, 2.75) is 44.4 Å². The van der Waals surface area contributed by atoms with Crippen LogP contribution in [-0.4, -0.2) is 56.4 Å². The third-order valence-electron chi connectivity index (χ3n) is 6.39. The molecular weight excluding hydrogens is 444 g/mol. The van der Waals surface area contributed by atoms with Crippen molar-refractivity contribution in [2.75, 3.05) is 7.05 Å². The van der Waals surface area contributed by atoms with E-state index in [0.717, 1.165) is 31.2 Å². The Morgan fingerprint density at radius 3 is 2.74 bits per heavy atom. The van der Waals surface area contributed by atoms with Crippen LogP contribution in [0.4, 0.5) is 8.78 Å². The maximum atomic E-state index is 13.0. The molecule has 0 unspecified atom stereocenters. The molecule has 178 valence electrons. The highest BCUT2D eigenvalue weighted by molar-refractivity contribution is 6.05. The minimum atomic E-state index is -2.93. The molecule has 9 nitrogen and oxygen atoms in total. The number of carbonyl (C=O) groups is 1. The molecule has 1 amide bonds. The SMILES string of the molecule is CN[C@H]1CC[C@@H](NC(=O)c2c[nH]c3ncc(-c4nn(C)c5ccc(OC(F)F)cc45)nc23)CC1. The molecule has 0 atom stereocenters. The van der Waals surface area contributed by atoms with Gasteiger partial charge in [-0.3, -0.25) is 9.48 Å². The van der Waals surface area contributed by atoms with Gasteiger partial charge < -0.3 is 20.4 Å². The Hall–Kier alpha value is -3.60. The van der Waals surface area contributed by atoms with Crippen molar-refractivity contribution in [2.24, 2.45) is 7.05 Å². The number of aromatic amines is 1. The second kappa shape index (κ2) is 8.98. The van der Waals surface area contributed by atoms with Crippen molar-refractivity contribution in [3.8, 4) is 17.1 Å². The molecule has 3 N–H and O–H groups in total. The molecule has 0 saturated heterocycles. The molecule has 1 fully saturated rings. The second-order valence-electron chi connectivity index (χ2n) is 8.50. The maximum Gasteiger partial charge on any atom is 0.387 e. The van der Waals surface area contributed by atoms with E-state index in [9.17, 15) is 13.6 Å². The average molecular weight is 469 g/mol. The van der Waals surface area contributed by atoms with Crippen LogP contribution in [0.1, 0.15) is 36.0 Å². The second-order valence-corrected chi connectivity index (χ2v) is 8.50. The molecule has 0 aliphatic heterocycles. The molecule has 5 rings (SSSR count). The molecular formula is C23H25F2N7O2. The Morgan fingerprint density at radius 2 is 2.00 bits per heavy atom. The molecule has 0 spiro atoms. The number of aromatic nitrogens is 5. The zero-order valence-corrected chi connectivity index (χ0v) is 18.8. The number of nitrogens with zero attached hydrogens (tertiary/aromatic N) is 4. The van der Waals surface area contributed by atoms with E-state index >= 15 is 0 Å². The summed E-state index contributed by atoms with van der Waals surface area (Å²) in [7, 11) is 3.71. The van der Waals surface area contributed by atoms with E-state index in [4.69, 9.17) is 0 Å². The summed E-state index contributed by atoms with van der Waals surface area (Å²) in [5.41, 5.74) is 2.93. The standard InChI is InChI=1S/C23H25F2N7O2/c1-26-12-3-5-13(6-4-12)29-22(33)16-10-27-21-20(16)30-17(11-28-21)19-15-9-14(34-23(24)25)7-8-18(15)32(2)31-19/h7-13,23,26H,3-6H2,1-2H3,(H,27,28)(H,29,33)/t12-,13+. The number of alkyl halides is 2. The molecule has 4 aromatic rings. The minimum Gasteiger partial charge on any atom is -0.435 e. The summed E-state index contributed by atoms with van der Waals surface area (Å²) in [6.45, 7) is -2.93. The van der Waals surface area contributed by atoms with Crippen LogP contribution in [0, 0.1) is 0 Å². The normalized spacial score (nSPS) is 18.6. The monoisotopic (exact) mass is 469 g/mol. The van der Waals surface area contributed by atoms with E-state index in [-0.39, 0.29) is 17.7 Å². The third kappa shape index (κ3) is 4.18. The highest BCUT2D eigenvalue weighted by Gasteiger charge is 2.24. The molecule has 3 heterocycles. The summed E-state index contributed by atoms with van der Waals surface area (Å²) < 4.78 is 31.6. The number of hydrogen-bond donors (Lipinski definition) is 3. The predicted molar refractivity (Wildman–Crippen MR) is 123 cm³/mol. The number of fused-ring (bicyclic) bond motifs is 2. The lowest BCUT2D eigenvalue weighted by atomic mass is 9.91. The third-order valence-corrected chi connectivity index (χ3v) is 6.39. The lowest BCUT2D eigenvalue weighted by Gasteiger charge is -2.28. The number of hydrogen-bond acceptors (Lipinski definition) is 6. The summed E-state index contributed by atoms with van der Waals surface area (Å²) >= 11 is 0. The Balaban J connectivity index is 1.46. The molecule has 0 radical (unpaired) electrons. The smallest absolute Gasteiger partial charge is 0.387 e. The van der Waals surface area contributed by atoms with Crippen molar-refractivity contribution in [3.05, 3.63) is 36.2 Å². The van der Waals surface area contributed by atoms with Crippen LogP contribution in [0.15, 0.2) is 30.6 Å². The summed E-state index contributed by atoms with van der Waals surface area (Å²) in [5, 5.41) is 11.5. The summed E-state index contributed by atoms with van der Waals surface area (Å²) in [6, 6.07) is 5.24. The zero-order chi connectivity index (χ0) is 23.8. The van der Waals surface area contributed by atoms with E-state index in [1.54, 1.807) is 30.2 Å². The van der Waals surface area contributed by atoms with Gasteiger partial charge in [-0.15, -0.1) is 0 Å². The van der Waals surface area contributed by atoms with E-state index in [0.29, 0.717) is 39.5 Å². The number of halogens is 2. The number of H-pyrrole nitrogens is 1. The molecule has 1 aliphatic rings. The Morgan fingerprint density at radius 1 is 1.24 bits per heavy atom. The van der Waals surface area contributed by atoms with Crippen molar-refractivity contribution in [1.82, 2.24) is 35.4 Å². The van der Waals surface area contributed by atoms with Crippen LogP contribution < -0.4 is 15.4 Å². The molecule has 3 aromatic heterocycles. The lowest BCUT2D eigenvalue weighted by molar-refractivity contribution is -0.0497. The van der Waals surface area contributed by atoms with Gasteiger partial charge in [0, 0.05) is 30.7 Å². The van der Waals surface area contributed by atoms with Gasteiger partial charge in [0.05, 0.1) is 17.3 Å². The van der Waals surface area contributed by atoms with E-state index < -0.39 is 6.61 Å². The van der Waals surface area contributed by atoms with Gasteiger partial charge in [-0.05, 0) is 50.9 Å². The van der Waals surface area contributed by atoms with E-state index in [1.165, 1.54) is 12.1 Å². The van der Waals surface area contributed by atoms with Crippen LogP contribution in [0.25, 0.3) is 33.5 Å². The molecule has 1 aliphatic carbocycles. The average Bonchev–Trinajstić information content (AvgIpc) is 3.39. The van der Waals surface area contributed by atoms with E-state index in [1.807, 2.05) is 7.05 Å². The fourth-order valence-corrected chi connectivity index (χ4v) is 4.58. The van der Waals surface area contributed by atoms with Gasteiger partial charge >= 0.3 is 6.61 Å². The molecule has 11 heteroatoms. The summed E-state index contributed by atoms with van der Waals surface area (Å²) in [4.78, 5) is 25.1. The van der Waals surface area contributed by atoms with Crippen molar-refractivity contribution >= 4 is 28.0 Å². The Labute approximate surface area is 193 Å². The minimum absolute atomic E-state index is 0.0282. The van der Waals surface area contributed by atoms with Crippen LogP contribution in [0.3, 0.4) is 0 Å². The number of ether oxygens (including phenoxy) is 1. The first-order valence-electron chi connectivity index (χ1n) is 11.2. The fourth-order valence-electron chi connectivity index (χ4n) is 4.58. The van der Waals surface area contributed by atoms with Crippen molar-refractivity contribution in [1.29, 1.82) is 0 Å². The van der Waals surface area contributed by atoms with Crippen LogP contribution in [0.2, 0.25) is 0 Å². The maximum absolute atomic E-state index is 13.0. The van der Waals surface area contributed by atoms with Crippen molar-refractivity contribution in [3.63, 3.8) is 0 Å². The first kappa shape index (κ1) is 22.2. The Bertz CT molecular complexity index is 1340. The molecule has 1 saturated carbocycles. The topological polar surface area (TPSA) is 110 Å². The number of rotatable bonds is 6. The first-order chi connectivity index (χ1) is 16.4. The largest absolute Gasteiger partial charge is 0.435 e. The highest BCUT2D eigenvalue weighted by atomic mass is 19.3. The molecule has 1 aromatic carbocycles. The van der Waals surface area contributed by atoms with Gasteiger partial charge in [-0.2, -0.15) is 13.9 Å². The summed E-state index contributed by atoms with van der Waals surface area (Å²) in [6.07, 6.45) is 7.02. The van der Waals surface area contributed by atoms with E-state index in [2.05, 4.69) is 35.4 Å². The number of aryl methyl sites for hydroxylation is 1. The van der Waals surface area contributed by atoms with Crippen LogP contribution in [-0.2, 0) is 7.05 Å². The Kier molecular flexibility index (Phi) is 5.86. The number of benzene rings is 1. The van der Waals surface area contributed by atoms with Crippen LogP contribution in [0.5, 0.6) is 5.75 Å². The van der Waals surface area contributed by atoms with Crippen LogP contribution >= 0.6 is 0 Å². The summed E-state index contributed by atoms with van der Waals surface area (Å²) in [5.74, 6) is -0.176. The highest BCUT2D eigenvalue weighted by Crippen LogP contribution is 2.31. The van der Waals surface area contributed by atoms with Crippen molar-refractivity contribution < 1.29 is 18.3 Å². The fraction of sp³-hybridized carbons (Fsp3) is 0.391. The lowest BCUT2D eigenvalue weighted by Crippen LogP contribution is -2.41. The van der Waals surface area contributed by atoms with Gasteiger partial charge in [0.25, 0.3) is 5.91 Å². The zero-order valence-electron chi connectivity index (χ0n) is 18.8. The number of carbonyl (C=O) groups excluding carboxylic acids is 1. The molecule has 0 bridgehead atoms. The number of nitrogens with one attached hydrogen (secondary N) is 3. The van der Waals surface area contributed by atoms with Gasteiger partial charge in [0.1, 0.15) is 22.7 Å². The first-order valence-corrected chi connectivity index (χ1v) is 11.2. The van der Waals surface area contributed by atoms with Gasteiger partial charge in [-0.1, -0.05) is 0 Å². The number of amides is 1. The van der Waals surface area contributed by atoms with Gasteiger partial charge in [-0.25, -0.2) is 9.97 Å². The molecule has 34 heavy (non-hydrogen) atoms.